The van der Waals surface area contributed by atoms with Crippen LogP contribution in [0, 0.1) is 0 Å². The minimum absolute atomic E-state index is 0.407. The zero-order valence-electron chi connectivity index (χ0n) is 20.7. The van der Waals surface area contributed by atoms with Gasteiger partial charge >= 0.3 is 0 Å². The third kappa shape index (κ3) is 5.82. The fraction of sp³-hybridized carbons (Fsp3) is 0.810. The van der Waals surface area contributed by atoms with E-state index in [0.29, 0.717) is 30.7 Å². The summed E-state index contributed by atoms with van der Waals surface area (Å²) in [5, 5.41) is 117. The summed E-state index contributed by atoms with van der Waals surface area (Å²) in [6, 6.07) is 0. The molecule has 18 heteroatoms. The molecule has 0 radical (unpaired) electrons. The van der Waals surface area contributed by atoms with Gasteiger partial charge in [-0.15, -0.1) is 10.2 Å². The summed E-state index contributed by atoms with van der Waals surface area (Å²) >= 11 is 0. The van der Waals surface area contributed by atoms with Crippen LogP contribution in [-0.4, -0.2) is 155 Å². The van der Waals surface area contributed by atoms with Gasteiger partial charge in [-0.1, -0.05) is 10.4 Å². The normalized spacial score (nSPS) is 39.2. The van der Waals surface area contributed by atoms with Crippen LogP contribution >= 0.6 is 0 Å². The molecule has 10 N–H and O–H groups in total. The molecular formula is C21H34N6O12. The smallest absolute Gasteiger partial charge is 0.184 e. The first-order valence-electron chi connectivity index (χ1n) is 12.3. The summed E-state index contributed by atoms with van der Waals surface area (Å²) in [4.78, 5) is 0. The average molecular weight is 563 g/mol. The first-order chi connectivity index (χ1) is 18.4. The van der Waals surface area contributed by atoms with Gasteiger partial charge in [-0.2, -0.15) is 0 Å². The predicted octanol–water partition coefficient (Wildman–Crippen LogP) is -6.63. The Morgan fingerprint density at radius 3 is 1.41 bits per heavy atom. The first-order valence-corrected chi connectivity index (χ1v) is 12.3. The van der Waals surface area contributed by atoms with Crippen LogP contribution < -0.4 is 0 Å². The average Bonchev–Trinajstić information content (AvgIpc) is 3.55. The van der Waals surface area contributed by atoms with Crippen molar-refractivity contribution in [3.8, 4) is 0 Å². The van der Waals surface area contributed by atoms with Gasteiger partial charge in [0.25, 0.3) is 0 Å². The monoisotopic (exact) mass is 562 g/mol. The maximum Gasteiger partial charge on any atom is 0.184 e. The van der Waals surface area contributed by atoms with Crippen molar-refractivity contribution in [1.82, 2.24) is 30.0 Å². The Morgan fingerprint density at radius 2 is 1.05 bits per heavy atom. The molecule has 0 bridgehead atoms. The summed E-state index contributed by atoms with van der Waals surface area (Å²) in [6.45, 7) is -2.27. The molecule has 2 aromatic heterocycles. The van der Waals surface area contributed by atoms with Crippen molar-refractivity contribution in [1.29, 1.82) is 0 Å². The van der Waals surface area contributed by atoms with Gasteiger partial charge < -0.3 is 60.5 Å². The SMILES string of the molecule is OC[C@H]1OC(O)[C@H](O)[C@@](O)(Cn2cc(CCCc3cn(C[C@@]4(O)[C@H](O)[C@@H](CO)OC(O)[C@@H]4O)nn3)nn2)[C@@H]1O. The minimum Gasteiger partial charge on any atom is -0.394 e. The molecule has 2 aliphatic rings. The number of rotatable bonds is 10. The molecule has 0 aliphatic carbocycles. The molecule has 0 spiro atoms. The van der Waals surface area contributed by atoms with Gasteiger partial charge in [-0.3, -0.25) is 0 Å². The number of aromatic nitrogens is 6. The Hall–Kier alpha value is -2.20. The third-order valence-electron chi connectivity index (χ3n) is 7.15. The lowest BCUT2D eigenvalue weighted by atomic mass is 9.84. The molecule has 2 unspecified atom stereocenters. The Labute approximate surface area is 220 Å². The second-order valence-electron chi connectivity index (χ2n) is 9.93. The molecule has 10 atom stereocenters. The van der Waals surface area contributed by atoms with Crippen LogP contribution in [0.3, 0.4) is 0 Å². The molecule has 2 aromatic rings. The molecular weight excluding hydrogens is 528 g/mol. The zero-order chi connectivity index (χ0) is 28.5. The fourth-order valence-electron chi connectivity index (χ4n) is 4.83. The van der Waals surface area contributed by atoms with Crippen molar-refractivity contribution in [3.63, 3.8) is 0 Å². The van der Waals surface area contributed by atoms with Crippen LogP contribution in [0.25, 0.3) is 0 Å². The predicted molar refractivity (Wildman–Crippen MR) is 122 cm³/mol. The van der Waals surface area contributed by atoms with Gasteiger partial charge in [0.05, 0.1) is 37.7 Å². The molecule has 2 fully saturated rings. The highest BCUT2D eigenvalue weighted by Gasteiger charge is 2.56. The fourth-order valence-corrected chi connectivity index (χ4v) is 4.83. The highest BCUT2D eigenvalue weighted by molar-refractivity contribution is 5.05. The number of ether oxygens (including phenoxy) is 2. The Morgan fingerprint density at radius 1 is 0.667 bits per heavy atom. The van der Waals surface area contributed by atoms with Crippen molar-refractivity contribution in [2.75, 3.05) is 13.2 Å². The first kappa shape index (κ1) is 29.8. The quantitative estimate of drug-likeness (QED) is 0.129. The number of hydrogen-bond donors (Lipinski definition) is 10. The van der Waals surface area contributed by atoms with E-state index in [9.17, 15) is 51.1 Å². The van der Waals surface area contributed by atoms with E-state index in [-0.39, 0.29) is 0 Å². The van der Waals surface area contributed by atoms with E-state index >= 15 is 0 Å². The lowest BCUT2D eigenvalue weighted by Gasteiger charge is -2.46. The highest BCUT2D eigenvalue weighted by atomic mass is 16.6. The number of nitrogens with zero attached hydrogens (tertiary/aromatic N) is 6. The standard InChI is InChI=1S/C21H34N6O12/c28-6-12-14(30)20(36,16(32)18(34)38-12)8-26-4-10(22-24-26)2-1-3-11-5-27(25-23-11)9-21(37)15(31)13(7-29)39-19(35)17(21)33/h4-5,12-19,28-37H,1-3,6-9H2/t12-,13-,14-,15-,16+,17+,18?,19?,20-,21-/m1/s1. The molecule has 0 saturated carbocycles. The third-order valence-corrected chi connectivity index (χ3v) is 7.15. The van der Waals surface area contributed by atoms with Crippen molar-refractivity contribution in [3.05, 3.63) is 23.8 Å². The maximum atomic E-state index is 10.8. The Bertz CT molecular complexity index is 1010. The summed E-state index contributed by atoms with van der Waals surface area (Å²) in [5.74, 6) is 0. The molecule has 18 nitrogen and oxygen atoms in total. The van der Waals surface area contributed by atoms with E-state index < -0.39 is 86.7 Å². The number of aliphatic hydroxyl groups excluding tert-OH is 8. The van der Waals surface area contributed by atoms with E-state index in [0.717, 1.165) is 0 Å². The molecule has 2 saturated heterocycles. The van der Waals surface area contributed by atoms with Crippen LogP contribution in [0.5, 0.6) is 0 Å². The Kier molecular flexibility index (Phi) is 8.95. The lowest BCUT2D eigenvalue weighted by Crippen LogP contribution is -2.68. The van der Waals surface area contributed by atoms with E-state index in [4.69, 9.17) is 9.47 Å². The topological polar surface area (TPSA) is 282 Å². The van der Waals surface area contributed by atoms with Crippen molar-refractivity contribution >= 4 is 0 Å². The molecule has 4 heterocycles. The molecule has 39 heavy (non-hydrogen) atoms. The van der Waals surface area contributed by atoms with Crippen LogP contribution in [0.15, 0.2) is 12.4 Å². The van der Waals surface area contributed by atoms with E-state index in [2.05, 4.69) is 20.6 Å². The number of aliphatic hydroxyl groups is 10. The molecule has 2 aliphatic heterocycles. The summed E-state index contributed by atoms with van der Waals surface area (Å²) in [6.07, 6.45) is -9.16. The van der Waals surface area contributed by atoms with E-state index in [1.165, 1.54) is 21.8 Å². The second-order valence-corrected chi connectivity index (χ2v) is 9.93. The molecule has 220 valence electrons. The number of aryl methyl sites for hydroxylation is 2. The largest absolute Gasteiger partial charge is 0.394 e. The van der Waals surface area contributed by atoms with Gasteiger partial charge in [0.2, 0.25) is 0 Å². The van der Waals surface area contributed by atoms with Crippen LogP contribution in [-0.2, 0) is 35.4 Å². The summed E-state index contributed by atoms with van der Waals surface area (Å²) in [7, 11) is 0. The van der Waals surface area contributed by atoms with Gasteiger partial charge in [0, 0.05) is 12.4 Å². The van der Waals surface area contributed by atoms with Gasteiger partial charge in [0.1, 0.15) is 47.8 Å². The van der Waals surface area contributed by atoms with E-state index in [1.807, 2.05) is 0 Å². The highest BCUT2D eigenvalue weighted by Crippen LogP contribution is 2.32. The van der Waals surface area contributed by atoms with Gasteiger partial charge in [-0.25, -0.2) is 9.36 Å². The van der Waals surface area contributed by atoms with Crippen molar-refractivity contribution in [2.45, 2.75) is 92.8 Å². The molecule has 4 rings (SSSR count). The summed E-state index contributed by atoms with van der Waals surface area (Å²) in [5.41, 5.74) is -3.52. The number of hydrogen-bond acceptors (Lipinski definition) is 16. The van der Waals surface area contributed by atoms with Crippen molar-refractivity contribution in [2.24, 2.45) is 0 Å². The second kappa shape index (κ2) is 11.7. The van der Waals surface area contributed by atoms with Gasteiger partial charge in [0.15, 0.2) is 12.6 Å². The van der Waals surface area contributed by atoms with Crippen LogP contribution in [0.4, 0.5) is 0 Å². The van der Waals surface area contributed by atoms with Crippen molar-refractivity contribution < 1.29 is 60.5 Å². The van der Waals surface area contributed by atoms with Crippen LogP contribution in [0.2, 0.25) is 0 Å². The maximum absolute atomic E-state index is 10.8. The zero-order valence-corrected chi connectivity index (χ0v) is 20.7. The van der Waals surface area contributed by atoms with E-state index in [1.54, 1.807) is 0 Å². The minimum atomic E-state index is -2.27. The van der Waals surface area contributed by atoms with Gasteiger partial charge in [-0.05, 0) is 19.3 Å². The lowest BCUT2D eigenvalue weighted by molar-refractivity contribution is -0.324. The van der Waals surface area contributed by atoms with Crippen LogP contribution in [0.1, 0.15) is 17.8 Å². The molecule has 0 aromatic carbocycles. The molecule has 0 amide bonds. The Balaban J connectivity index is 1.32. The summed E-state index contributed by atoms with van der Waals surface area (Å²) < 4.78 is 12.1.